The van der Waals surface area contributed by atoms with E-state index in [1.165, 1.54) is 10.5 Å². The number of hydrogen-bond donors (Lipinski definition) is 2. The van der Waals surface area contributed by atoms with Crippen LogP contribution in [-0.2, 0) is 6.42 Å². The highest BCUT2D eigenvalue weighted by Gasteiger charge is 2.01. The number of thioether (sulfide) groups is 1. The quantitative estimate of drug-likeness (QED) is 0.791. The smallest absolute Gasteiger partial charge is 0.314 e. The second-order valence-corrected chi connectivity index (χ2v) is 5.03. The minimum Gasteiger partial charge on any atom is -0.338 e. The van der Waals surface area contributed by atoms with Crippen LogP contribution in [0.2, 0.25) is 0 Å². The van der Waals surface area contributed by atoms with E-state index in [1.54, 1.807) is 11.8 Å². The average Bonchev–Trinajstić information content (AvgIpc) is 2.29. The number of amides is 2. The van der Waals surface area contributed by atoms with Gasteiger partial charge in [0.25, 0.3) is 0 Å². The first-order valence-electron chi connectivity index (χ1n) is 5.79. The molecule has 0 saturated carbocycles. The van der Waals surface area contributed by atoms with Crippen molar-refractivity contribution in [2.75, 3.05) is 12.8 Å². The topological polar surface area (TPSA) is 41.1 Å². The molecule has 1 rings (SSSR count). The summed E-state index contributed by atoms with van der Waals surface area (Å²) in [5.41, 5.74) is 1.24. The second kappa shape index (κ2) is 7.22. The van der Waals surface area contributed by atoms with Gasteiger partial charge >= 0.3 is 6.03 Å². The van der Waals surface area contributed by atoms with Gasteiger partial charge in [0.15, 0.2) is 0 Å². The summed E-state index contributed by atoms with van der Waals surface area (Å²) in [4.78, 5) is 12.6. The van der Waals surface area contributed by atoms with Crippen LogP contribution >= 0.6 is 11.8 Å². The molecule has 0 saturated heterocycles. The SMILES string of the molecule is CSc1ccc(CCNC(=O)NC(C)C)cc1. The van der Waals surface area contributed by atoms with Crippen LogP contribution in [0, 0.1) is 0 Å². The van der Waals surface area contributed by atoms with Crippen molar-refractivity contribution in [1.82, 2.24) is 10.6 Å². The molecule has 2 N–H and O–H groups in total. The first-order valence-corrected chi connectivity index (χ1v) is 7.01. The molecule has 0 aliphatic heterocycles. The molecule has 2 amide bonds. The van der Waals surface area contributed by atoms with Crippen molar-refractivity contribution in [1.29, 1.82) is 0 Å². The first kappa shape index (κ1) is 13.9. The minimum atomic E-state index is -0.0965. The highest BCUT2D eigenvalue weighted by atomic mass is 32.2. The summed E-state index contributed by atoms with van der Waals surface area (Å²) in [5, 5.41) is 5.63. The summed E-state index contributed by atoms with van der Waals surface area (Å²) < 4.78 is 0. The minimum absolute atomic E-state index is 0.0965. The highest BCUT2D eigenvalue weighted by molar-refractivity contribution is 7.98. The van der Waals surface area contributed by atoms with Gasteiger partial charge in [-0.15, -0.1) is 11.8 Å². The Balaban J connectivity index is 2.28. The van der Waals surface area contributed by atoms with E-state index in [-0.39, 0.29) is 12.1 Å². The number of rotatable bonds is 5. The van der Waals surface area contributed by atoms with E-state index in [4.69, 9.17) is 0 Å². The maximum absolute atomic E-state index is 11.3. The largest absolute Gasteiger partial charge is 0.338 e. The van der Waals surface area contributed by atoms with Gasteiger partial charge in [0.1, 0.15) is 0 Å². The Morgan fingerprint density at radius 3 is 2.47 bits per heavy atom. The average molecular weight is 252 g/mol. The molecule has 3 nitrogen and oxygen atoms in total. The molecule has 94 valence electrons. The third-order valence-electron chi connectivity index (χ3n) is 2.28. The van der Waals surface area contributed by atoms with E-state index in [0.29, 0.717) is 6.54 Å². The van der Waals surface area contributed by atoms with Crippen molar-refractivity contribution in [3.8, 4) is 0 Å². The zero-order valence-electron chi connectivity index (χ0n) is 10.6. The van der Waals surface area contributed by atoms with Gasteiger partial charge in [-0.2, -0.15) is 0 Å². The molecule has 0 spiro atoms. The number of nitrogens with one attached hydrogen (secondary N) is 2. The zero-order valence-corrected chi connectivity index (χ0v) is 11.4. The molecule has 1 aromatic carbocycles. The van der Waals surface area contributed by atoms with Crippen LogP contribution in [0.4, 0.5) is 4.79 Å². The molecule has 0 fully saturated rings. The molecule has 17 heavy (non-hydrogen) atoms. The predicted octanol–water partition coefficient (Wildman–Crippen LogP) is 2.66. The molecule has 0 bridgehead atoms. The molecular weight excluding hydrogens is 232 g/mol. The molecule has 4 heteroatoms. The van der Waals surface area contributed by atoms with Gasteiger partial charge in [-0.3, -0.25) is 0 Å². The highest BCUT2D eigenvalue weighted by Crippen LogP contribution is 2.14. The van der Waals surface area contributed by atoms with Gasteiger partial charge in [-0.1, -0.05) is 12.1 Å². The van der Waals surface area contributed by atoms with Crippen LogP contribution < -0.4 is 10.6 Å². The Hall–Kier alpha value is -1.16. The van der Waals surface area contributed by atoms with Crippen LogP contribution in [0.15, 0.2) is 29.2 Å². The first-order chi connectivity index (χ1) is 8.11. The molecule has 1 aromatic rings. The monoisotopic (exact) mass is 252 g/mol. The number of hydrogen-bond acceptors (Lipinski definition) is 2. The lowest BCUT2D eigenvalue weighted by atomic mass is 10.1. The molecule has 0 aromatic heterocycles. The fourth-order valence-corrected chi connectivity index (χ4v) is 1.83. The Kier molecular flexibility index (Phi) is 5.91. The lowest BCUT2D eigenvalue weighted by Gasteiger charge is -2.10. The molecule has 0 unspecified atom stereocenters. The van der Waals surface area contributed by atoms with E-state index in [2.05, 4.69) is 41.2 Å². The van der Waals surface area contributed by atoms with E-state index < -0.39 is 0 Å². The normalized spacial score (nSPS) is 10.4. The van der Waals surface area contributed by atoms with Crippen molar-refractivity contribution in [3.05, 3.63) is 29.8 Å². The van der Waals surface area contributed by atoms with Crippen LogP contribution in [-0.4, -0.2) is 24.9 Å². The summed E-state index contributed by atoms with van der Waals surface area (Å²) in [6.45, 7) is 4.55. The van der Waals surface area contributed by atoms with Crippen molar-refractivity contribution in [2.24, 2.45) is 0 Å². The van der Waals surface area contributed by atoms with E-state index >= 15 is 0 Å². The Morgan fingerprint density at radius 1 is 1.29 bits per heavy atom. The summed E-state index contributed by atoms with van der Waals surface area (Å²) in [5.74, 6) is 0. The van der Waals surface area contributed by atoms with E-state index in [1.807, 2.05) is 13.8 Å². The third-order valence-corrected chi connectivity index (χ3v) is 3.02. The molecule has 0 aliphatic rings. The predicted molar refractivity (Wildman–Crippen MR) is 73.6 cm³/mol. The fraction of sp³-hybridized carbons (Fsp3) is 0.462. The fourth-order valence-electron chi connectivity index (χ4n) is 1.43. The third kappa shape index (κ3) is 5.63. The van der Waals surface area contributed by atoms with Gasteiger partial charge in [0.05, 0.1) is 0 Å². The molecule has 0 radical (unpaired) electrons. The molecule has 0 aliphatic carbocycles. The maximum Gasteiger partial charge on any atom is 0.314 e. The maximum atomic E-state index is 11.3. The Morgan fingerprint density at radius 2 is 1.94 bits per heavy atom. The van der Waals surface area contributed by atoms with E-state index in [9.17, 15) is 4.79 Å². The van der Waals surface area contributed by atoms with Crippen molar-refractivity contribution in [2.45, 2.75) is 31.2 Å². The van der Waals surface area contributed by atoms with E-state index in [0.717, 1.165) is 6.42 Å². The standard InChI is InChI=1S/C13H20N2OS/c1-10(2)15-13(16)14-9-8-11-4-6-12(17-3)7-5-11/h4-7,10H,8-9H2,1-3H3,(H2,14,15,16). The van der Waals surface area contributed by atoms with Crippen molar-refractivity contribution < 1.29 is 4.79 Å². The summed E-state index contributed by atoms with van der Waals surface area (Å²) in [6.07, 6.45) is 2.92. The number of carbonyl (C=O) groups is 1. The number of carbonyl (C=O) groups excluding carboxylic acids is 1. The van der Waals surface area contributed by atoms with Gasteiger partial charge in [0.2, 0.25) is 0 Å². The Labute approximate surface area is 107 Å². The van der Waals surface area contributed by atoms with Gasteiger partial charge in [0, 0.05) is 17.5 Å². The molecule has 0 atom stereocenters. The summed E-state index contributed by atoms with van der Waals surface area (Å²) >= 11 is 1.73. The summed E-state index contributed by atoms with van der Waals surface area (Å²) in [7, 11) is 0. The lowest BCUT2D eigenvalue weighted by Crippen LogP contribution is -2.40. The van der Waals surface area contributed by atoms with Gasteiger partial charge < -0.3 is 10.6 Å². The van der Waals surface area contributed by atoms with Crippen LogP contribution in [0.25, 0.3) is 0 Å². The van der Waals surface area contributed by atoms with Gasteiger partial charge in [-0.05, 0) is 44.2 Å². The molecular formula is C13H20N2OS. The van der Waals surface area contributed by atoms with Crippen LogP contribution in [0.5, 0.6) is 0 Å². The summed E-state index contributed by atoms with van der Waals surface area (Å²) in [6, 6.07) is 8.50. The number of urea groups is 1. The molecule has 0 heterocycles. The van der Waals surface area contributed by atoms with Gasteiger partial charge in [-0.25, -0.2) is 4.79 Å². The second-order valence-electron chi connectivity index (χ2n) is 4.15. The van der Waals surface area contributed by atoms with Crippen LogP contribution in [0.1, 0.15) is 19.4 Å². The number of benzene rings is 1. The lowest BCUT2D eigenvalue weighted by molar-refractivity contribution is 0.238. The van der Waals surface area contributed by atoms with Crippen molar-refractivity contribution >= 4 is 17.8 Å². The zero-order chi connectivity index (χ0) is 12.7. The van der Waals surface area contributed by atoms with Crippen molar-refractivity contribution in [3.63, 3.8) is 0 Å². The Bertz CT molecular complexity index is 349. The van der Waals surface area contributed by atoms with Crippen LogP contribution in [0.3, 0.4) is 0 Å².